The molecule has 16 rings (SSSR count). The summed E-state index contributed by atoms with van der Waals surface area (Å²) in [4.78, 5) is 65.7. The maximum absolute atomic E-state index is 15.3. The molecule has 40 heteroatoms. The van der Waals surface area contributed by atoms with Gasteiger partial charge in [-0.25, -0.2) is 61.9 Å². The number of benzene rings is 6. The number of carbonyl (C=O) groups excluding carboxylic acids is 2. The molecule has 0 saturated heterocycles. The van der Waals surface area contributed by atoms with Gasteiger partial charge in [-0.05, 0) is 97.2 Å². The highest BCUT2D eigenvalue weighted by molar-refractivity contribution is 7.92. The number of fused-ring (bicyclic) bond motifs is 8. The molecular formula is C76H62Cl2F12N16O8S2. The van der Waals surface area contributed by atoms with E-state index in [-0.39, 0.29) is 139 Å². The van der Waals surface area contributed by atoms with Crippen LogP contribution in [0.4, 0.5) is 64.3 Å². The molecule has 116 heavy (non-hydrogen) atoms. The molecule has 0 bridgehead atoms. The summed E-state index contributed by atoms with van der Waals surface area (Å²) < 4.78 is 235. The second-order valence-electron chi connectivity index (χ2n) is 28.7. The van der Waals surface area contributed by atoms with E-state index in [0.717, 1.165) is 36.8 Å². The zero-order valence-corrected chi connectivity index (χ0v) is 63.9. The van der Waals surface area contributed by atoms with Gasteiger partial charge in [0.1, 0.15) is 70.8 Å². The number of carbonyl (C=O) groups is 2. The minimum absolute atomic E-state index is 0.0115. The lowest BCUT2D eigenvalue weighted by Crippen LogP contribution is -2.42. The molecule has 604 valence electrons. The Hall–Kier alpha value is -11.4. The van der Waals surface area contributed by atoms with Crippen LogP contribution in [0.2, 0.25) is 10.0 Å². The summed E-state index contributed by atoms with van der Waals surface area (Å²) in [5.41, 5.74) is -2.62. The van der Waals surface area contributed by atoms with E-state index in [1.54, 1.807) is 60.7 Å². The highest BCUT2D eigenvalue weighted by Gasteiger charge is 2.68. The average molecular weight is 1690 g/mol. The van der Waals surface area contributed by atoms with Gasteiger partial charge in [-0.3, -0.25) is 56.5 Å². The van der Waals surface area contributed by atoms with Crippen molar-refractivity contribution in [3.8, 4) is 33.9 Å². The lowest BCUT2D eigenvalue weighted by Gasteiger charge is -2.23. The fraction of sp³-hybridized carbons (Fsp3) is 0.289. The number of sulfonamides is 2. The first-order valence-electron chi connectivity index (χ1n) is 35.4. The molecule has 12 aromatic rings. The molecule has 2 saturated carbocycles. The first-order valence-corrected chi connectivity index (χ1v) is 40.0. The summed E-state index contributed by atoms with van der Waals surface area (Å²) >= 11 is 13.1. The van der Waals surface area contributed by atoms with Crippen molar-refractivity contribution in [1.29, 1.82) is 0 Å². The number of aryl methyl sites for hydroxylation is 2. The fourth-order valence-corrected chi connectivity index (χ4v) is 17.2. The summed E-state index contributed by atoms with van der Waals surface area (Å²) in [6.07, 6.45) is -5.68. The molecule has 4 aliphatic rings. The molecule has 2 amide bonds. The molecule has 6 heterocycles. The lowest BCUT2D eigenvalue weighted by molar-refractivity contribution is -0.123. The normalized spacial score (nSPS) is 17.3. The third kappa shape index (κ3) is 15.6. The molecule has 2 fully saturated rings. The maximum Gasteiger partial charge on any atom is 0.293 e. The Balaban J connectivity index is 0.000000182. The molecule has 0 spiro atoms. The predicted molar refractivity (Wildman–Crippen MR) is 401 cm³/mol. The standard InChI is InChI=1S/2C38H31ClF6N8O4S/c2*1-51-34-27(9-8-25(39)32(34)37(49-51)50-58(2,56)57)53-28(47-26(16-30(53)55)19-6-4-3-5-7-19)14-22(12-18-10-20(40)13-21(41)11-18)46-29(54)17-52-35-31(33(48-52)36(42)43)23-15-24(23)38(35,44)45/h2*3-11,13,16,22-24,36H,12,14-15,17H2,1-2H3,(H,46,54)(H,49,50)/t22-,23+,24-;22-,23-,24+/m10/s1. The van der Waals surface area contributed by atoms with Gasteiger partial charge in [0.05, 0.1) is 67.1 Å². The first kappa shape index (κ1) is 79.8. The number of aromatic nitrogens is 12. The van der Waals surface area contributed by atoms with E-state index in [2.05, 4.69) is 40.5 Å². The van der Waals surface area contributed by atoms with Crippen molar-refractivity contribution >= 4 is 88.5 Å². The minimum Gasteiger partial charge on any atom is -0.351 e. The lowest BCUT2D eigenvalue weighted by atomic mass is 10.0. The van der Waals surface area contributed by atoms with E-state index in [1.807, 2.05) is 0 Å². The Labute approximate surface area is 659 Å². The molecule has 0 radical (unpaired) electrons. The molecule has 24 nitrogen and oxygen atoms in total. The van der Waals surface area contributed by atoms with Gasteiger partial charge in [-0.1, -0.05) is 83.9 Å². The van der Waals surface area contributed by atoms with Crippen molar-refractivity contribution < 1.29 is 79.1 Å². The van der Waals surface area contributed by atoms with Crippen LogP contribution in [0.15, 0.2) is 143 Å². The van der Waals surface area contributed by atoms with Gasteiger partial charge in [-0.2, -0.15) is 38.0 Å². The van der Waals surface area contributed by atoms with Crippen LogP contribution in [-0.2, 0) is 94.3 Å². The van der Waals surface area contributed by atoms with Gasteiger partial charge >= 0.3 is 0 Å². The SMILES string of the molecule is Cn1nc(NS(C)(=O)=O)c2c(Cl)ccc(-n3c(C[C@@H](Cc4cc(F)cc(F)c4)NC(=O)Cn4nc(C(F)F)c5c4C(F)(F)[C@@H]4C[C@H]54)nc(-c4ccccc4)cc3=O)c21.Cn1nc(NS(C)(=O)=O)c2c(Cl)ccc(-n3c(C[C@H](Cc4cc(F)cc(F)c4)NC(=O)Cn4nc(C(F)F)c5c4C(F)(F)[C@@H]4C[C@H]54)nc(-c4ccccc4)cc3=O)c21. The number of hydrogen-bond donors (Lipinski definition) is 4. The largest absolute Gasteiger partial charge is 0.351 e. The first-order chi connectivity index (χ1) is 54.8. The molecule has 6 aromatic carbocycles. The Morgan fingerprint density at radius 1 is 0.509 bits per heavy atom. The van der Waals surface area contributed by atoms with Crippen LogP contribution in [-0.4, -0.2) is 111 Å². The maximum atomic E-state index is 15.3. The van der Waals surface area contributed by atoms with Crippen molar-refractivity contribution in [2.75, 3.05) is 22.0 Å². The number of nitrogens with zero attached hydrogens (tertiary/aromatic N) is 12. The monoisotopic (exact) mass is 1690 g/mol. The highest BCUT2D eigenvalue weighted by atomic mass is 35.5. The van der Waals surface area contributed by atoms with Crippen LogP contribution >= 0.6 is 23.2 Å². The van der Waals surface area contributed by atoms with E-state index in [1.165, 1.54) is 69.0 Å². The third-order valence-corrected chi connectivity index (χ3v) is 22.1. The molecule has 6 atom stereocenters. The fourth-order valence-electron chi connectivity index (χ4n) is 15.7. The smallest absolute Gasteiger partial charge is 0.293 e. The number of hydrogen-bond acceptors (Lipinski definition) is 14. The van der Waals surface area contributed by atoms with E-state index in [4.69, 9.17) is 33.2 Å². The quantitative estimate of drug-likeness (QED) is 0.0409. The predicted octanol–water partition coefficient (Wildman–Crippen LogP) is 12.8. The van der Waals surface area contributed by atoms with Gasteiger partial charge in [0, 0.05) is 97.4 Å². The molecule has 0 unspecified atom stereocenters. The summed E-state index contributed by atoms with van der Waals surface area (Å²) in [5, 5.41) is 21.8. The highest BCUT2D eigenvalue weighted by Crippen LogP contribution is 2.69. The third-order valence-electron chi connectivity index (χ3n) is 20.3. The van der Waals surface area contributed by atoms with E-state index in [0.29, 0.717) is 32.6 Å². The molecule has 4 N–H and O–H groups in total. The number of rotatable bonds is 24. The summed E-state index contributed by atoms with van der Waals surface area (Å²) in [5.74, 6) is -16.8. The minimum atomic E-state index is -3.85. The van der Waals surface area contributed by atoms with Crippen molar-refractivity contribution in [3.05, 3.63) is 244 Å². The number of amides is 2. The van der Waals surface area contributed by atoms with Gasteiger partial charge in [0.15, 0.2) is 11.6 Å². The van der Waals surface area contributed by atoms with Gasteiger partial charge in [-0.15, -0.1) is 0 Å². The van der Waals surface area contributed by atoms with Crippen LogP contribution < -0.4 is 31.2 Å². The second kappa shape index (κ2) is 30.0. The average Bonchev–Trinajstić information content (AvgIpc) is 1.52. The number of anilines is 2. The second-order valence-corrected chi connectivity index (χ2v) is 33.0. The summed E-state index contributed by atoms with van der Waals surface area (Å²) in [7, 11) is -4.71. The van der Waals surface area contributed by atoms with Gasteiger partial charge in [0.25, 0.3) is 35.8 Å². The number of alkyl halides is 8. The Bertz CT molecular complexity index is 5970. The summed E-state index contributed by atoms with van der Waals surface area (Å²) in [6.45, 7) is -1.79. The number of nitrogens with one attached hydrogen (secondary N) is 4. The zero-order chi connectivity index (χ0) is 82.8. The Kier molecular flexibility index (Phi) is 20.7. The Morgan fingerprint density at radius 3 is 1.20 bits per heavy atom. The van der Waals surface area contributed by atoms with Crippen molar-refractivity contribution in [3.63, 3.8) is 0 Å². The zero-order valence-electron chi connectivity index (χ0n) is 60.7. The van der Waals surface area contributed by atoms with Crippen LogP contribution in [0.5, 0.6) is 0 Å². The van der Waals surface area contributed by atoms with Crippen LogP contribution in [0.25, 0.3) is 55.7 Å². The van der Waals surface area contributed by atoms with Gasteiger partial charge in [0.2, 0.25) is 31.9 Å². The van der Waals surface area contributed by atoms with Crippen molar-refractivity contribution in [2.24, 2.45) is 25.9 Å². The topological polar surface area (TPSA) is 292 Å². The van der Waals surface area contributed by atoms with E-state index >= 15 is 17.6 Å². The van der Waals surface area contributed by atoms with Crippen molar-refractivity contribution in [1.82, 2.24) is 68.9 Å². The molecule has 6 aromatic heterocycles. The van der Waals surface area contributed by atoms with E-state index < -0.39 is 163 Å². The molecule has 4 aliphatic carbocycles. The Morgan fingerprint density at radius 2 is 0.862 bits per heavy atom. The molecule has 0 aliphatic heterocycles. The molecular weight excluding hydrogens is 1630 g/mol. The number of halogens is 14. The van der Waals surface area contributed by atoms with Crippen LogP contribution in [0.1, 0.15) is 94.2 Å². The summed E-state index contributed by atoms with van der Waals surface area (Å²) in [6, 6.07) is 28.6. The van der Waals surface area contributed by atoms with Crippen LogP contribution in [0.3, 0.4) is 0 Å². The van der Waals surface area contributed by atoms with Gasteiger partial charge < -0.3 is 10.6 Å². The van der Waals surface area contributed by atoms with Crippen LogP contribution in [0, 0.1) is 35.1 Å². The van der Waals surface area contributed by atoms with E-state index in [9.17, 15) is 71.1 Å². The van der Waals surface area contributed by atoms with Crippen molar-refractivity contribution in [2.45, 2.75) is 100 Å².